The van der Waals surface area contributed by atoms with Crippen molar-refractivity contribution >= 4 is 5.91 Å². The van der Waals surface area contributed by atoms with E-state index in [2.05, 4.69) is 5.32 Å². The third-order valence-corrected chi connectivity index (χ3v) is 2.62. The zero-order valence-corrected chi connectivity index (χ0v) is 9.66. The van der Waals surface area contributed by atoms with Gasteiger partial charge in [-0.15, -0.1) is 0 Å². The zero-order valence-electron chi connectivity index (χ0n) is 9.66. The molecule has 0 bridgehead atoms. The van der Waals surface area contributed by atoms with Gasteiger partial charge in [0.25, 0.3) is 0 Å². The van der Waals surface area contributed by atoms with E-state index >= 15 is 0 Å². The van der Waals surface area contributed by atoms with Gasteiger partial charge >= 0.3 is 0 Å². The lowest BCUT2D eigenvalue weighted by Gasteiger charge is -2.15. The fourth-order valence-electron chi connectivity index (χ4n) is 1.20. The second kappa shape index (κ2) is 6.08. The van der Waals surface area contributed by atoms with Gasteiger partial charge in [0, 0.05) is 13.2 Å². The standard InChI is InChI=1S/C11H22N2O2/c1-8(2)10(12)11(14)13-5-6-15-7-9-3-4-9/h8-10H,3-7,12H2,1-2H3,(H,13,14). The summed E-state index contributed by atoms with van der Waals surface area (Å²) < 4.78 is 5.39. The third-order valence-electron chi connectivity index (χ3n) is 2.62. The fraction of sp³-hybridized carbons (Fsp3) is 0.909. The van der Waals surface area contributed by atoms with Crippen LogP contribution in [0.25, 0.3) is 0 Å². The number of amides is 1. The predicted octanol–water partition coefficient (Wildman–Crippen LogP) is 0.513. The van der Waals surface area contributed by atoms with E-state index in [1.165, 1.54) is 12.8 Å². The Hall–Kier alpha value is -0.610. The maximum atomic E-state index is 11.4. The van der Waals surface area contributed by atoms with Gasteiger partial charge in [0.15, 0.2) is 0 Å². The lowest BCUT2D eigenvalue weighted by Crippen LogP contribution is -2.44. The quantitative estimate of drug-likeness (QED) is 0.607. The summed E-state index contributed by atoms with van der Waals surface area (Å²) in [4.78, 5) is 11.4. The van der Waals surface area contributed by atoms with Crippen molar-refractivity contribution in [2.75, 3.05) is 19.8 Å². The van der Waals surface area contributed by atoms with E-state index in [0.29, 0.717) is 13.2 Å². The summed E-state index contributed by atoms with van der Waals surface area (Å²) in [5.41, 5.74) is 5.68. The van der Waals surface area contributed by atoms with Crippen LogP contribution in [-0.2, 0) is 9.53 Å². The molecule has 1 amide bonds. The molecule has 1 atom stereocenters. The highest BCUT2D eigenvalue weighted by Gasteiger charge is 2.21. The Morgan fingerprint density at radius 1 is 1.53 bits per heavy atom. The fourth-order valence-corrected chi connectivity index (χ4v) is 1.20. The van der Waals surface area contributed by atoms with Crippen LogP contribution >= 0.6 is 0 Å². The van der Waals surface area contributed by atoms with Gasteiger partial charge in [-0.2, -0.15) is 0 Å². The van der Waals surface area contributed by atoms with Gasteiger partial charge in [-0.25, -0.2) is 0 Å². The van der Waals surface area contributed by atoms with Gasteiger partial charge in [0.05, 0.1) is 12.6 Å². The minimum Gasteiger partial charge on any atom is -0.379 e. The second-order valence-electron chi connectivity index (χ2n) is 4.58. The van der Waals surface area contributed by atoms with Crippen molar-refractivity contribution in [1.29, 1.82) is 0 Å². The first-order valence-electron chi connectivity index (χ1n) is 5.72. The van der Waals surface area contributed by atoms with Crippen LogP contribution in [0.4, 0.5) is 0 Å². The smallest absolute Gasteiger partial charge is 0.237 e. The highest BCUT2D eigenvalue weighted by atomic mass is 16.5. The monoisotopic (exact) mass is 214 g/mol. The summed E-state index contributed by atoms with van der Waals surface area (Å²) in [5.74, 6) is 0.871. The van der Waals surface area contributed by atoms with Crippen molar-refractivity contribution in [2.45, 2.75) is 32.7 Å². The predicted molar refractivity (Wildman–Crippen MR) is 59.4 cm³/mol. The molecular weight excluding hydrogens is 192 g/mol. The molecule has 0 spiro atoms. The number of nitrogens with one attached hydrogen (secondary N) is 1. The van der Waals surface area contributed by atoms with E-state index in [1.807, 2.05) is 13.8 Å². The van der Waals surface area contributed by atoms with Gasteiger partial charge < -0.3 is 15.8 Å². The van der Waals surface area contributed by atoms with Crippen molar-refractivity contribution in [1.82, 2.24) is 5.32 Å². The van der Waals surface area contributed by atoms with Crippen LogP contribution in [0.2, 0.25) is 0 Å². The van der Waals surface area contributed by atoms with Gasteiger partial charge in [-0.05, 0) is 24.7 Å². The highest BCUT2D eigenvalue weighted by molar-refractivity contribution is 5.81. The lowest BCUT2D eigenvalue weighted by atomic mass is 10.1. The summed E-state index contributed by atoms with van der Waals surface area (Å²) >= 11 is 0. The zero-order chi connectivity index (χ0) is 11.3. The Balaban J connectivity index is 1.95. The lowest BCUT2D eigenvalue weighted by molar-refractivity contribution is -0.123. The van der Waals surface area contributed by atoms with Gasteiger partial charge in [-0.1, -0.05) is 13.8 Å². The minimum atomic E-state index is -0.409. The number of carbonyl (C=O) groups excluding carboxylic acids is 1. The molecular formula is C11H22N2O2. The van der Waals surface area contributed by atoms with E-state index in [0.717, 1.165) is 12.5 Å². The molecule has 1 aliphatic rings. The molecule has 1 unspecified atom stereocenters. The first-order valence-corrected chi connectivity index (χ1v) is 5.72. The molecule has 4 heteroatoms. The Morgan fingerprint density at radius 3 is 2.73 bits per heavy atom. The molecule has 0 aromatic carbocycles. The number of ether oxygens (including phenoxy) is 1. The van der Waals surface area contributed by atoms with Crippen molar-refractivity contribution in [3.63, 3.8) is 0 Å². The van der Waals surface area contributed by atoms with Crippen LogP contribution < -0.4 is 11.1 Å². The Bertz CT molecular complexity index is 203. The Kier molecular flexibility index (Phi) is 5.05. The summed E-state index contributed by atoms with van der Waals surface area (Å²) in [6.45, 7) is 5.87. The van der Waals surface area contributed by atoms with Crippen LogP contribution in [0.5, 0.6) is 0 Å². The maximum Gasteiger partial charge on any atom is 0.237 e. The van der Waals surface area contributed by atoms with Crippen LogP contribution in [0.3, 0.4) is 0 Å². The summed E-state index contributed by atoms with van der Waals surface area (Å²) in [7, 11) is 0. The number of rotatable bonds is 7. The van der Waals surface area contributed by atoms with E-state index in [-0.39, 0.29) is 11.8 Å². The minimum absolute atomic E-state index is 0.0833. The molecule has 1 rings (SSSR count). The normalized spacial score (nSPS) is 17.9. The van der Waals surface area contributed by atoms with Crippen molar-refractivity contribution in [3.8, 4) is 0 Å². The maximum absolute atomic E-state index is 11.4. The molecule has 15 heavy (non-hydrogen) atoms. The first-order chi connectivity index (χ1) is 7.11. The molecule has 0 heterocycles. The summed E-state index contributed by atoms with van der Waals surface area (Å²) in [6, 6.07) is -0.409. The number of hydrogen-bond donors (Lipinski definition) is 2. The Labute approximate surface area is 91.5 Å². The molecule has 3 N–H and O–H groups in total. The number of carbonyl (C=O) groups is 1. The van der Waals surface area contributed by atoms with Crippen LogP contribution in [0, 0.1) is 11.8 Å². The third kappa shape index (κ3) is 5.14. The van der Waals surface area contributed by atoms with E-state index in [4.69, 9.17) is 10.5 Å². The van der Waals surface area contributed by atoms with E-state index in [9.17, 15) is 4.79 Å². The molecule has 1 saturated carbocycles. The molecule has 0 aliphatic heterocycles. The topological polar surface area (TPSA) is 64.4 Å². The second-order valence-corrected chi connectivity index (χ2v) is 4.58. The van der Waals surface area contributed by atoms with Gasteiger partial charge in [-0.3, -0.25) is 4.79 Å². The summed E-state index contributed by atoms with van der Waals surface area (Å²) in [6.07, 6.45) is 2.59. The van der Waals surface area contributed by atoms with Gasteiger partial charge in [0.2, 0.25) is 5.91 Å². The largest absolute Gasteiger partial charge is 0.379 e. The molecule has 88 valence electrons. The molecule has 0 aromatic rings. The Morgan fingerprint density at radius 2 is 2.20 bits per heavy atom. The number of hydrogen-bond acceptors (Lipinski definition) is 3. The SMILES string of the molecule is CC(C)C(N)C(=O)NCCOCC1CC1. The molecule has 0 saturated heterocycles. The van der Waals surface area contributed by atoms with Crippen LogP contribution in [0.15, 0.2) is 0 Å². The molecule has 1 fully saturated rings. The van der Waals surface area contributed by atoms with Gasteiger partial charge in [0.1, 0.15) is 0 Å². The highest BCUT2D eigenvalue weighted by Crippen LogP contribution is 2.28. The molecule has 4 nitrogen and oxygen atoms in total. The van der Waals surface area contributed by atoms with Crippen LogP contribution in [-0.4, -0.2) is 31.7 Å². The van der Waals surface area contributed by atoms with Crippen molar-refractivity contribution < 1.29 is 9.53 Å². The number of nitrogens with two attached hydrogens (primary N) is 1. The average molecular weight is 214 g/mol. The molecule has 0 aromatic heterocycles. The average Bonchev–Trinajstić information content (AvgIpc) is 2.99. The first kappa shape index (κ1) is 12.5. The molecule has 0 radical (unpaired) electrons. The van der Waals surface area contributed by atoms with Crippen molar-refractivity contribution in [2.24, 2.45) is 17.6 Å². The summed E-state index contributed by atoms with van der Waals surface area (Å²) in [5, 5.41) is 2.77. The van der Waals surface area contributed by atoms with E-state index < -0.39 is 6.04 Å². The van der Waals surface area contributed by atoms with E-state index in [1.54, 1.807) is 0 Å². The van der Waals surface area contributed by atoms with Crippen molar-refractivity contribution in [3.05, 3.63) is 0 Å². The molecule has 1 aliphatic carbocycles. The van der Waals surface area contributed by atoms with Crippen LogP contribution in [0.1, 0.15) is 26.7 Å².